The molecular formula is C18H27N. The molecule has 0 spiro atoms. The summed E-state index contributed by atoms with van der Waals surface area (Å²) in [5.74, 6) is 0.395. The number of aryl methyl sites for hydroxylation is 1. The molecule has 1 aromatic heterocycles. The van der Waals surface area contributed by atoms with Crippen molar-refractivity contribution in [3.05, 3.63) is 60.0 Å². The normalized spacial score (nSPS) is 13.3. The van der Waals surface area contributed by atoms with Crippen LogP contribution >= 0.6 is 0 Å². The van der Waals surface area contributed by atoms with Crippen LogP contribution in [0, 0.1) is 6.92 Å². The lowest BCUT2D eigenvalue weighted by atomic mass is 9.91. The maximum atomic E-state index is 4.18. The van der Waals surface area contributed by atoms with Gasteiger partial charge in [-0.15, -0.1) is 6.58 Å². The predicted octanol–water partition coefficient (Wildman–Crippen LogP) is 5.68. The van der Waals surface area contributed by atoms with Crippen molar-refractivity contribution < 1.29 is 0 Å². The van der Waals surface area contributed by atoms with E-state index in [1.54, 1.807) is 0 Å². The van der Waals surface area contributed by atoms with E-state index in [4.69, 9.17) is 0 Å². The van der Waals surface area contributed by atoms with E-state index < -0.39 is 0 Å². The number of hydrogen-bond acceptors (Lipinski definition) is 0. The lowest BCUT2D eigenvalue weighted by molar-refractivity contribution is 0.788. The van der Waals surface area contributed by atoms with Crippen LogP contribution in [-0.4, -0.2) is 4.98 Å². The van der Waals surface area contributed by atoms with Crippen LogP contribution in [0.25, 0.3) is 0 Å². The molecule has 1 N–H and O–H groups in total. The molecule has 1 atom stereocenters. The largest absolute Gasteiger partial charge is 0.364 e. The molecular weight excluding hydrogens is 230 g/mol. The molecule has 1 aromatic rings. The van der Waals surface area contributed by atoms with Crippen molar-refractivity contribution in [1.82, 2.24) is 4.98 Å². The molecule has 0 aromatic carbocycles. The van der Waals surface area contributed by atoms with Gasteiger partial charge >= 0.3 is 0 Å². The van der Waals surface area contributed by atoms with Crippen LogP contribution < -0.4 is 0 Å². The zero-order valence-corrected chi connectivity index (χ0v) is 12.6. The lowest BCUT2D eigenvalue weighted by Crippen LogP contribution is -2.01. The van der Waals surface area contributed by atoms with E-state index in [-0.39, 0.29) is 0 Å². The molecule has 1 nitrogen and oxygen atoms in total. The van der Waals surface area contributed by atoms with Crippen molar-refractivity contribution in [1.29, 1.82) is 0 Å². The zero-order chi connectivity index (χ0) is 14.3. The molecule has 0 saturated carbocycles. The second-order valence-corrected chi connectivity index (χ2v) is 5.27. The van der Waals surface area contributed by atoms with Gasteiger partial charge in [0.1, 0.15) is 0 Å². The minimum absolute atomic E-state index is 0.395. The van der Waals surface area contributed by atoms with Crippen LogP contribution in [0.15, 0.2) is 48.7 Å². The number of nitrogens with one attached hydrogen (secondary N) is 1. The average molecular weight is 257 g/mol. The molecule has 0 aliphatic carbocycles. The lowest BCUT2D eigenvalue weighted by Gasteiger charge is -2.16. The van der Waals surface area contributed by atoms with E-state index >= 15 is 0 Å². The fourth-order valence-corrected chi connectivity index (χ4v) is 2.38. The molecule has 1 heterocycles. The summed E-state index contributed by atoms with van der Waals surface area (Å²) in [5, 5.41) is 0. The summed E-state index contributed by atoms with van der Waals surface area (Å²) in [6.45, 7) is 14.7. The monoisotopic (exact) mass is 257 g/mol. The molecule has 0 radical (unpaired) electrons. The molecule has 0 saturated heterocycles. The molecule has 0 aliphatic heterocycles. The van der Waals surface area contributed by atoms with Crippen LogP contribution in [0.4, 0.5) is 0 Å². The van der Waals surface area contributed by atoms with Crippen molar-refractivity contribution in [2.24, 2.45) is 0 Å². The van der Waals surface area contributed by atoms with Gasteiger partial charge in [0.05, 0.1) is 0 Å². The number of hydrogen-bond donors (Lipinski definition) is 1. The molecule has 1 heteroatoms. The summed E-state index contributed by atoms with van der Waals surface area (Å²) in [4.78, 5) is 3.36. The molecule has 0 bridgehead atoms. The third-order valence-electron chi connectivity index (χ3n) is 3.61. The highest BCUT2D eigenvalue weighted by Gasteiger charge is 2.13. The molecule has 0 aliphatic rings. The van der Waals surface area contributed by atoms with Crippen LogP contribution in [0.1, 0.15) is 56.7 Å². The van der Waals surface area contributed by atoms with Crippen molar-refractivity contribution in [2.45, 2.75) is 52.4 Å². The highest BCUT2D eigenvalue weighted by atomic mass is 14.7. The molecule has 19 heavy (non-hydrogen) atoms. The number of allylic oxidation sites excluding steroid dienone is 4. The van der Waals surface area contributed by atoms with Gasteiger partial charge in [0.25, 0.3) is 0 Å². The number of aromatic nitrogens is 1. The summed E-state index contributed by atoms with van der Waals surface area (Å²) in [5.41, 5.74) is 5.24. The van der Waals surface area contributed by atoms with Crippen molar-refractivity contribution in [3.63, 3.8) is 0 Å². The zero-order valence-electron chi connectivity index (χ0n) is 12.6. The standard InChI is InChI=1S/C18H27N/c1-6-8-10-14(3)13-17(9-7-2)16(5)18-15(4)11-12-19-18/h7,11-13,16,19H,2-3,6,8-10H2,1,4-5H3/b17-13+. The van der Waals surface area contributed by atoms with Crippen LogP contribution in [0.5, 0.6) is 0 Å². The number of H-pyrrole nitrogens is 1. The summed E-state index contributed by atoms with van der Waals surface area (Å²) >= 11 is 0. The molecule has 104 valence electrons. The van der Waals surface area contributed by atoms with Gasteiger partial charge in [0.15, 0.2) is 0 Å². The Kier molecular flexibility index (Phi) is 6.41. The van der Waals surface area contributed by atoms with E-state index in [0.29, 0.717) is 5.92 Å². The Bertz CT molecular complexity index is 448. The quantitative estimate of drug-likeness (QED) is 0.456. The maximum absolute atomic E-state index is 4.18. The van der Waals surface area contributed by atoms with E-state index in [1.165, 1.54) is 35.2 Å². The first-order valence-corrected chi connectivity index (χ1v) is 7.23. The van der Waals surface area contributed by atoms with Crippen molar-refractivity contribution >= 4 is 0 Å². The second kappa shape index (κ2) is 7.83. The van der Waals surface area contributed by atoms with Gasteiger partial charge in [-0.05, 0) is 37.8 Å². The Labute approximate surface area is 118 Å². The summed E-state index contributed by atoms with van der Waals surface area (Å²) in [6, 6.07) is 2.13. The second-order valence-electron chi connectivity index (χ2n) is 5.27. The molecule has 0 fully saturated rings. The van der Waals surface area contributed by atoms with Crippen LogP contribution in [-0.2, 0) is 0 Å². The Morgan fingerprint density at radius 3 is 2.74 bits per heavy atom. The predicted molar refractivity (Wildman–Crippen MR) is 85.5 cm³/mol. The number of aromatic amines is 1. The fourth-order valence-electron chi connectivity index (χ4n) is 2.38. The highest BCUT2D eigenvalue weighted by molar-refractivity contribution is 5.34. The third-order valence-corrected chi connectivity index (χ3v) is 3.61. The number of rotatable bonds is 8. The first kappa shape index (κ1) is 15.6. The first-order chi connectivity index (χ1) is 9.10. The smallest absolute Gasteiger partial charge is 0.0246 e. The van der Waals surface area contributed by atoms with Gasteiger partial charge in [-0.3, -0.25) is 0 Å². The maximum Gasteiger partial charge on any atom is 0.0246 e. The topological polar surface area (TPSA) is 15.8 Å². The summed E-state index contributed by atoms with van der Waals surface area (Å²) in [6.07, 6.45) is 10.7. The molecule has 0 amide bonds. The van der Waals surface area contributed by atoms with Crippen molar-refractivity contribution in [2.75, 3.05) is 0 Å². The Hall–Kier alpha value is -1.50. The van der Waals surface area contributed by atoms with Gasteiger partial charge in [-0.1, -0.05) is 50.1 Å². The van der Waals surface area contributed by atoms with Gasteiger partial charge in [0, 0.05) is 17.8 Å². The van der Waals surface area contributed by atoms with Crippen LogP contribution in [0.3, 0.4) is 0 Å². The summed E-state index contributed by atoms with van der Waals surface area (Å²) < 4.78 is 0. The fraction of sp³-hybridized carbons (Fsp3) is 0.444. The molecule has 1 unspecified atom stereocenters. The summed E-state index contributed by atoms with van der Waals surface area (Å²) in [7, 11) is 0. The number of unbranched alkanes of at least 4 members (excludes halogenated alkanes) is 1. The van der Waals surface area contributed by atoms with Crippen molar-refractivity contribution in [3.8, 4) is 0 Å². The Balaban J connectivity index is 2.87. The minimum atomic E-state index is 0.395. The average Bonchev–Trinajstić information content (AvgIpc) is 2.81. The Morgan fingerprint density at radius 1 is 1.47 bits per heavy atom. The highest BCUT2D eigenvalue weighted by Crippen LogP contribution is 2.29. The van der Waals surface area contributed by atoms with Gasteiger partial charge in [-0.2, -0.15) is 0 Å². The first-order valence-electron chi connectivity index (χ1n) is 7.23. The van der Waals surface area contributed by atoms with Gasteiger partial charge < -0.3 is 4.98 Å². The SMILES string of the molecule is C=CC/C(=C\C(=C)CCCC)C(C)c1[nH]ccc1C. The Morgan fingerprint density at radius 2 is 2.21 bits per heavy atom. The van der Waals surface area contributed by atoms with E-state index in [0.717, 1.165) is 12.8 Å². The van der Waals surface area contributed by atoms with Gasteiger partial charge in [-0.25, -0.2) is 0 Å². The van der Waals surface area contributed by atoms with Crippen LogP contribution in [0.2, 0.25) is 0 Å². The van der Waals surface area contributed by atoms with E-state index in [9.17, 15) is 0 Å². The minimum Gasteiger partial charge on any atom is -0.364 e. The molecule has 1 rings (SSSR count). The third kappa shape index (κ3) is 4.59. The van der Waals surface area contributed by atoms with Gasteiger partial charge in [0.2, 0.25) is 0 Å². The van der Waals surface area contributed by atoms with E-state index in [2.05, 4.69) is 51.1 Å². The van der Waals surface area contributed by atoms with E-state index in [1.807, 2.05) is 12.3 Å².